The molecule has 2 aromatic rings. The molecule has 20 heavy (non-hydrogen) atoms. The second-order valence-corrected chi connectivity index (χ2v) is 7.60. The number of aromatic nitrogens is 1. The van der Waals surface area contributed by atoms with E-state index < -0.39 is 10.0 Å². The van der Waals surface area contributed by atoms with Gasteiger partial charge in [-0.25, -0.2) is 13.4 Å². The molecule has 2 rings (SSSR count). The second kappa shape index (κ2) is 5.88. The fourth-order valence-electron chi connectivity index (χ4n) is 1.51. The number of nitrogens with two attached hydrogens (primary N) is 1. The van der Waals surface area contributed by atoms with Crippen LogP contribution in [0.3, 0.4) is 0 Å². The van der Waals surface area contributed by atoms with Crippen molar-refractivity contribution in [1.82, 2.24) is 4.98 Å². The molecule has 106 valence electrons. The number of rotatable bonds is 3. The van der Waals surface area contributed by atoms with Crippen LogP contribution in [0.15, 0.2) is 44.3 Å². The van der Waals surface area contributed by atoms with Crippen LogP contribution in [0.25, 0.3) is 0 Å². The number of nitrogens with zero attached hydrogens (tertiary/aromatic N) is 1. The second-order valence-electron chi connectivity index (χ2n) is 3.77. The minimum atomic E-state index is -3.87. The van der Waals surface area contributed by atoms with Crippen LogP contribution in [-0.2, 0) is 10.0 Å². The maximum Gasteiger partial charge on any atom is 0.266 e. The van der Waals surface area contributed by atoms with Crippen LogP contribution >= 0.6 is 43.5 Å². The van der Waals surface area contributed by atoms with Gasteiger partial charge in [0.25, 0.3) is 10.0 Å². The average Bonchev–Trinajstić information content (AvgIpc) is 2.25. The van der Waals surface area contributed by atoms with Crippen molar-refractivity contribution in [3.63, 3.8) is 0 Å². The molecule has 0 aliphatic rings. The van der Waals surface area contributed by atoms with Gasteiger partial charge < -0.3 is 5.73 Å². The lowest BCUT2D eigenvalue weighted by Gasteiger charge is -2.12. The largest absolute Gasteiger partial charge is 0.398 e. The summed E-state index contributed by atoms with van der Waals surface area (Å²) in [5.74, 6) is 0.117. The molecular weight excluding hydrogens is 433 g/mol. The molecule has 0 amide bonds. The number of nitrogen functional groups attached to an aromatic ring is 1. The summed E-state index contributed by atoms with van der Waals surface area (Å²) in [4.78, 5) is 3.83. The number of halogens is 3. The molecule has 0 spiro atoms. The van der Waals surface area contributed by atoms with Gasteiger partial charge in [-0.15, -0.1) is 0 Å². The molecule has 0 saturated carbocycles. The minimum Gasteiger partial charge on any atom is -0.398 e. The summed E-state index contributed by atoms with van der Waals surface area (Å²) in [6, 6.07) is 6.05. The Balaban J connectivity index is 2.46. The lowest BCUT2D eigenvalue weighted by Crippen LogP contribution is -2.16. The van der Waals surface area contributed by atoms with Crippen LogP contribution in [0.2, 0.25) is 5.02 Å². The number of sulfonamides is 1. The van der Waals surface area contributed by atoms with Gasteiger partial charge >= 0.3 is 0 Å². The van der Waals surface area contributed by atoms with E-state index in [9.17, 15) is 8.42 Å². The summed E-state index contributed by atoms with van der Waals surface area (Å²) in [6.45, 7) is 0. The van der Waals surface area contributed by atoms with Crippen LogP contribution in [0.1, 0.15) is 0 Å². The molecular formula is C11H8Br2ClN3O2S. The van der Waals surface area contributed by atoms with Crippen molar-refractivity contribution in [3.8, 4) is 0 Å². The van der Waals surface area contributed by atoms with Gasteiger partial charge in [0.2, 0.25) is 0 Å². The fourth-order valence-corrected chi connectivity index (χ4v) is 4.74. The lowest BCUT2D eigenvalue weighted by atomic mass is 10.3. The summed E-state index contributed by atoms with van der Waals surface area (Å²) < 4.78 is 28.0. The van der Waals surface area contributed by atoms with Gasteiger partial charge in [0, 0.05) is 26.2 Å². The van der Waals surface area contributed by atoms with E-state index in [4.69, 9.17) is 17.3 Å². The lowest BCUT2D eigenvalue weighted by molar-refractivity contribution is 0.601. The van der Waals surface area contributed by atoms with E-state index in [2.05, 4.69) is 41.6 Å². The number of hydrogen-bond acceptors (Lipinski definition) is 4. The Morgan fingerprint density at radius 1 is 1.25 bits per heavy atom. The predicted octanol–water partition coefficient (Wildman–Crippen LogP) is 3.64. The van der Waals surface area contributed by atoms with Gasteiger partial charge in [0.1, 0.15) is 10.7 Å². The molecule has 0 atom stereocenters. The van der Waals surface area contributed by atoms with E-state index in [1.807, 2.05) is 0 Å². The Morgan fingerprint density at radius 2 is 1.95 bits per heavy atom. The molecule has 0 aliphatic heterocycles. The van der Waals surface area contributed by atoms with Crippen LogP contribution in [0, 0.1) is 0 Å². The smallest absolute Gasteiger partial charge is 0.266 e. The molecule has 5 nitrogen and oxygen atoms in total. The molecule has 1 heterocycles. The van der Waals surface area contributed by atoms with Crippen molar-refractivity contribution in [2.45, 2.75) is 4.90 Å². The quantitative estimate of drug-likeness (QED) is 0.712. The number of hydrogen-bond donors (Lipinski definition) is 2. The molecule has 0 bridgehead atoms. The first-order chi connectivity index (χ1) is 9.29. The van der Waals surface area contributed by atoms with Crippen LogP contribution in [0.5, 0.6) is 0 Å². The van der Waals surface area contributed by atoms with Crippen LogP contribution in [-0.4, -0.2) is 13.4 Å². The van der Waals surface area contributed by atoms with E-state index in [0.29, 0.717) is 14.0 Å². The number of anilines is 2. The normalized spacial score (nSPS) is 11.3. The van der Waals surface area contributed by atoms with E-state index >= 15 is 0 Å². The van der Waals surface area contributed by atoms with Gasteiger partial charge in [-0.2, -0.15) is 0 Å². The topological polar surface area (TPSA) is 85.1 Å². The van der Waals surface area contributed by atoms with Crippen molar-refractivity contribution >= 4 is 65.0 Å². The third-order valence-corrected chi connectivity index (χ3v) is 5.32. The summed E-state index contributed by atoms with van der Waals surface area (Å²) in [5.41, 5.74) is 5.88. The monoisotopic (exact) mass is 439 g/mol. The van der Waals surface area contributed by atoms with Crippen molar-refractivity contribution in [2.24, 2.45) is 0 Å². The number of pyridine rings is 1. The minimum absolute atomic E-state index is 0.0533. The van der Waals surface area contributed by atoms with Gasteiger partial charge in [-0.3, -0.25) is 4.72 Å². The van der Waals surface area contributed by atoms with Gasteiger partial charge in [0.05, 0.1) is 5.69 Å². The molecule has 1 aromatic carbocycles. The first-order valence-electron chi connectivity index (χ1n) is 5.18. The SMILES string of the molecule is Nc1cc(Br)cc(Br)c1S(=O)(=O)Nc1cc(Cl)ccn1. The molecule has 0 unspecified atom stereocenters. The van der Waals surface area contributed by atoms with Crippen LogP contribution < -0.4 is 10.5 Å². The Morgan fingerprint density at radius 3 is 2.55 bits per heavy atom. The highest BCUT2D eigenvalue weighted by atomic mass is 79.9. The zero-order valence-electron chi connectivity index (χ0n) is 9.77. The highest BCUT2D eigenvalue weighted by molar-refractivity contribution is 9.11. The maximum absolute atomic E-state index is 12.3. The zero-order valence-corrected chi connectivity index (χ0v) is 14.5. The highest BCUT2D eigenvalue weighted by Crippen LogP contribution is 2.32. The van der Waals surface area contributed by atoms with Crippen molar-refractivity contribution in [2.75, 3.05) is 10.5 Å². The molecule has 3 N–H and O–H groups in total. The third kappa shape index (κ3) is 3.43. The van der Waals surface area contributed by atoms with E-state index in [-0.39, 0.29) is 16.4 Å². The summed E-state index contributed by atoms with van der Waals surface area (Å²) >= 11 is 12.2. The van der Waals surface area contributed by atoms with E-state index in [1.54, 1.807) is 12.1 Å². The van der Waals surface area contributed by atoms with E-state index in [0.717, 1.165) is 0 Å². The molecule has 9 heteroatoms. The van der Waals surface area contributed by atoms with Gasteiger partial charge in [-0.1, -0.05) is 27.5 Å². The standard InChI is InChI=1S/C11H8Br2ClN3O2S/c12-6-3-8(13)11(9(15)4-6)20(18,19)17-10-5-7(14)1-2-16-10/h1-5H,15H2,(H,16,17). The Labute approximate surface area is 137 Å². The van der Waals surface area contributed by atoms with Crippen molar-refractivity contribution in [3.05, 3.63) is 44.4 Å². The molecule has 1 aromatic heterocycles. The molecule has 0 aliphatic carbocycles. The van der Waals surface area contributed by atoms with Gasteiger partial charge in [-0.05, 0) is 34.1 Å². The Kier molecular flexibility index (Phi) is 4.58. The Bertz CT molecular complexity index is 745. The average molecular weight is 442 g/mol. The summed E-state index contributed by atoms with van der Waals surface area (Å²) in [5, 5.41) is 0.376. The summed E-state index contributed by atoms with van der Waals surface area (Å²) in [6.07, 6.45) is 1.40. The maximum atomic E-state index is 12.3. The zero-order chi connectivity index (χ0) is 14.9. The fraction of sp³-hybridized carbons (Fsp3) is 0. The van der Waals surface area contributed by atoms with Gasteiger partial charge in [0.15, 0.2) is 0 Å². The third-order valence-electron chi connectivity index (χ3n) is 2.27. The van der Waals surface area contributed by atoms with Crippen molar-refractivity contribution in [1.29, 1.82) is 0 Å². The Hall–Kier alpha value is -0.830. The predicted molar refractivity (Wildman–Crippen MR) is 86.3 cm³/mol. The molecule has 0 saturated heterocycles. The van der Waals surface area contributed by atoms with Crippen molar-refractivity contribution < 1.29 is 8.42 Å². The number of benzene rings is 1. The molecule has 0 radical (unpaired) electrons. The van der Waals surface area contributed by atoms with E-state index in [1.165, 1.54) is 18.3 Å². The highest BCUT2D eigenvalue weighted by Gasteiger charge is 2.22. The summed E-state index contributed by atoms with van der Waals surface area (Å²) in [7, 11) is -3.87. The first-order valence-corrected chi connectivity index (χ1v) is 8.63. The molecule has 0 fully saturated rings. The van der Waals surface area contributed by atoms with Crippen LogP contribution in [0.4, 0.5) is 11.5 Å². The number of nitrogens with one attached hydrogen (secondary N) is 1. The first kappa shape index (κ1) is 15.6.